The lowest BCUT2D eigenvalue weighted by atomic mass is 9.74. The number of aliphatic hydroxyl groups excluding tert-OH is 1. The molecule has 1 atom stereocenters. The molecule has 5 heteroatoms. The number of fused-ring (bicyclic) bond motifs is 1. The molecule has 1 aliphatic rings. The van der Waals surface area contributed by atoms with E-state index in [1.165, 1.54) is 29.0 Å². The van der Waals surface area contributed by atoms with Gasteiger partial charge in [-0.1, -0.05) is 30.8 Å². The van der Waals surface area contributed by atoms with E-state index in [9.17, 15) is 9.50 Å². The number of hydrogen-bond donors (Lipinski definition) is 2. The molecule has 1 aliphatic carbocycles. The van der Waals surface area contributed by atoms with Crippen molar-refractivity contribution in [1.82, 2.24) is 4.98 Å². The van der Waals surface area contributed by atoms with Crippen LogP contribution in [0.5, 0.6) is 0 Å². The van der Waals surface area contributed by atoms with Gasteiger partial charge in [0.05, 0.1) is 16.3 Å². The van der Waals surface area contributed by atoms with Gasteiger partial charge >= 0.3 is 0 Å². The highest BCUT2D eigenvalue weighted by atomic mass is 32.1. The fourth-order valence-electron chi connectivity index (χ4n) is 3.01. The number of aromatic nitrogens is 1. The molecule has 1 aromatic carbocycles. The summed E-state index contributed by atoms with van der Waals surface area (Å²) in [6.07, 6.45) is 4.18. The van der Waals surface area contributed by atoms with E-state index in [-0.39, 0.29) is 17.3 Å². The van der Waals surface area contributed by atoms with Gasteiger partial charge in [-0.3, -0.25) is 0 Å². The van der Waals surface area contributed by atoms with Gasteiger partial charge in [-0.25, -0.2) is 9.37 Å². The zero-order valence-electron chi connectivity index (χ0n) is 12.2. The Balaban J connectivity index is 1.77. The largest absolute Gasteiger partial charge is 0.393 e. The topological polar surface area (TPSA) is 45.2 Å². The standard InChI is InChI=1S/C16H19FN2OS/c1-16(2)7-10(5-12(20)8-16)9-18-15-19-13-4-3-11(17)6-14(13)21-15/h3-4,6,9,12,20H,5,7-8H2,1-2H3,(H,18,19)/b10-9-. The van der Waals surface area contributed by atoms with Crippen molar-refractivity contribution in [3.63, 3.8) is 0 Å². The van der Waals surface area contributed by atoms with Crippen molar-refractivity contribution in [2.45, 2.75) is 39.2 Å². The third-order valence-electron chi connectivity index (χ3n) is 3.74. The minimum Gasteiger partial charge on any atom is -0.393 e. The number of aliphatic hydroxyl groups is 1. The Morgan fingerprint density at radius 3 is 3.05 bits per heavy atom. The highest BCUT2D eigenvalue weighted by Crippen LogP contribution is 2.38. The Morgan fingerprint density at radius 1 is 1.48 bits per heavy atom. The van der Waals surface area contributed by atoms with Crippen LogP contribution in [0.2, 0.25) is 0 Å². The molecular weight excluding hydrogens is 287 g/mol. The summed E-state index contributed by atoms with van der Waals surface area (Å²) >= 11 is 1.43. The minimum atomic E-state index is -0.272. The molecule has 0 amide bonds. The zero-order chi connectivity index (χ0) is 15.0. The first-order valence-corrected chi connectivity index (χ1v) is 7.92. The molecule has 1 heterocycles. The lowest BCUT2D eigenvalue weighted by Crippen LogP contribution is -2.27. The van der Waals surface area contributed by atoms with E-state index in [4.69, 9.17) is 0 Å². The second-order valence-corrected chi connectivity index (χ2v) is 7.51. The van der Waals surface area contributed by atoms with Crippen molar-refractivity contribution < 1.29 is 9.50 Å². The van der Waals surface area contributed by atoms with E-state index < -0.39 is 0 Å². The molecule has 112 valence electrons. The SMILES string of the molecule is CC1(C)C/C(=C\Nc2nc3ccc(F)cc3s2)CC(O)C1. The third kappa shape index (κ3) is 3.41. The Hall–Kier alpha value is -1.46. The number of hydrogen-bond acceptors (Lipinski definition) is 4. The van der Waals surface area contributed by atoms with Crippen molar-refractivity contribution in [1.29, 1.82) is 0 Å². The lowest BCUT2D eigenvalue weighted by molar-refractivity contribution is 0.0906. The van der Waals surface area contributed by atoms with Crippen LogP contribution in [0.1, 0.15) is 33.1 Å². The molecular formula is C16H19FN2OS. The summed E-state index contributed by atoms with van der Waals surface area (Å²) in [5.74, 6) is -0.242. The first-order chi connectivity index (χ1) is 9.91. The summed E-state index contributed by atoms with van der Waals surface area (Å²) < 4.78 is 14.0. The molecule has 3 rings (SSSR count). The molecule has 1 unspecified atom stereocenters. The Morgan fingerprint density at radius 2 is 2.29 bits per heavy atom. The van der Waals surface area contributed by atoms with Crippen LogP contribution < -0.4 is 5.32 Å². The van der Waals surface area contributed by atoms with E-state index in [1.807, 2.05) is 6.20 Å². The Kier molecular flexibility index (Phi) is 3.71. The van der Waals surface area contributed by atoms with Gasteiger partial charge in [0.25, 0.3) is 0 Å². The van der Waals surface area contributed by atoms with Crippen LogP contribution in [0.3, 0.4) is 0 Å². The van der Waals surface area contributed by atoms with Gasteiger partial charge < -0.3 is 10.4 Å². The average Bonchev–Trinajstić information content (AvgIpc) is 2.76. The second-order valence-electron chi connectivity index (χ2n) is 6.48. The van der Waals surface area contributed by atoms with Gasteiger partial charge in [-0.05, 0) is 42.9 Å². The highest BCUT2D eigenvalue weighted by Gasteiger charge is 2.29. The molecule has 1 saturated carbocycles. The number of thiazole rings is 1. The smallest absolute Gasteiger partial charge is 0.187 e. The van der Waals surface area contributed by atoms with Gasteiger partial charge in [-0.2, -0.15) is 0 Å². The minimum absolute atomic E-state index is 0.127. The van der Waals surface area contributed by atoms with Crippen LogP contribution in [-0.2, 0) is 0 Å². The number of benzene rings is 1. The Bertz CT molecular complexity index is 693. The van der Waals surface area contributed by atoms with Crippen LogP contribution in [0.25, 0.3) is 10.2 Å². The van der Waals surface area contributed by atoms with Crippen LogP contribution in [0.4, 0.5) is 9.52 Å². The molecule has 0 bridgehead atoms. The van der Waals surface area contributed by atoms with Gasteiger partial charge in [-0.15, -0.1) is 0 Å². The number of nitrogens with one attached hydrogen (secondary N) is 1. The van der Waals surface area contributed by atoms with E-state index >= 15 is 0 Å². The molecule has 1 fully saturated rings. The van der Waals surface area contributed by atoms with Crippen LogP contribution in [-0.4, -0.2) is 16.2 Å². The summed E-state index contributed by atoms with van der Waals surface area (Å²) in [6.45, 7) is 4.34. The molecule has 2 aromatic rings. The molecule has 2 N–H and O–H groups in total. The monoisotopic (exact) mass is 306 g/mol. The molecule has 1 aromatic heterocycles. The number of halogens is 1. The molecule has 0 spiro atoms. The maximum absolute atomic E-state index is 13.2. The molecule has 3 nitrogen and oxygen atoms in total. The van der Waals surface area contributed by atoms with Gasteiger partial charge in [0.1, 0.15) is 5.82 Å². The van der Waals surface area contributed by atoms with Crippen molar-refractivity contribution in [3.05, 3.63) is 35.8 Å². The zero-order valence-corrected chi connectivity index (χ0v) is 13.0. The van der Waals surface area contributed by atoms with E-state index in [2.05, 4.69) is 24.1 Å². The van der Waals surface area contributed by atoms with Crippen LogP contribution >= 0.6 is 11.3 Å². The van der Waals surface area contributed by atoms with Gasteiger partial charge in [0.2, 0.25) is 0 Å². The maximum atomic E-state index is 13.2. The molecule has 0 saturated heterocycles. The van der Waals surface area contributed by atoms with E-state index in [1.54, 1.807) is 6.07 Å². The molecule has 21 heavy (non-hydrogen) atoms. The summed E-state index contributed by atoms with van der Waals surface area (Å²) in [4.78, 5) is 4.43. The molecule has 0 aliphatic heterocycles. The number of anilines is 1. The quantitative estimate of drug-likeness (QED) is 0.869. The summed E-state index contributed by atoms with van der Waals surface area (Å²) in [7, 11) is 0. The van der Waals surface area contributed by atoms with Gasteiger partial charge in [0, 0.05) is 6.20 Å². The Labute approximate surface area is 127 Å². The van der Waals surface area contributed by atoms with Crippen molar-refractivity contribution in [3.8, 4) is 0 Å². The lowest BCUT2D eigenvalue weighted by Gasteiger charge is -2.34. The van der Waals surface area contributed by atoms with E-state index in [0.717, 1.165) is 28.2 Å². The van der Waals surface area contributed by atoms with Gasteiger partial charge in [0.15, 0.2) is 5.13 Å². The predicted octanol–water partition coefficient (Wildman–Crippen LogP) is 4.30. The summed E-state index contributed by atoms with van der Waals surface area (Å²) in [5, 5.41) is 13.9. The fourth-order valence-corrected chi connectivity index (χ4v) is 3.87. The highest BCUT2D eigenvalue weighted by molar-refractivity contribution is 7.22. The van der Waals surface area contributed by atoms with Crippen LogP contribution in [0, 0.1) is 11.2 Å². The predicted molar refractivity (Wildman–Crippen MR) is 84.9 cm³/mol. The van der Waals surface area contributed by atoms with Crippen molar-refractivity contribution in [2.24, 2.45) is 5.41 Å². The van der Waals surface area contributed by atoms with Crippen LogP contribution in [0.15, 0.2) is 30.0 Å². The van der Waals surface area contributed by atoms with E-state index in [0.29, 0.717) is 6.42 Å². The number of rotatable bonds is 2. The second kappa shape index (κ2) is 5.39. The average molecular weight is 306 g/mol. The third-order valence-corrected chi connectivity index (χ3v) is 4.69. The fraction of sp³-hybridized carbons (Fsp3) is 0.438. The maximum Gasteiger partial charge on any atom is 0.187 e. The number of nitrogens with zero attached hydrogens (tertiary/aromatic N) is 1. The molecule has 0 radical (unpaired) electrons. The first kappa shape index (κ1) is 14.5. The normalized spacial score (nSPS) is 23.6. The first-order valence-electron chi connectivity index (χ1n) is 7.10. The van der Waals surface area contributed by atoms with Crippen molar-refractivity contribution in [2.75, 3.05) is 5.32 Å². The summed E-state index contributed by atoms with van der Waals surface area (Å²) in [5.41, 5.74) is 2.12. The van der Waals surface area contributed by atoms with Crippen molar-refractivity contribution >= 4 is 26.7 Å². The summed E-state index contributed by atoms with van der Waals surface area (Å²) in [6, 6.07) is 4.61.